The molecule has 43 heavy (non-hydrogen) atoms. The maximum Gasteiger partial charge on any atom is 0.143 e. The molecule has 0 aromatic heterocycles. The van der Waals surface area contributed by atoms with Crippen molar-refractivity contribution in [1.82, 2.24) is 0 Å². The van der Waals surface area contributed by atoms with Crippen LogP contribution in [0.2, 0.25) is 0 Å². The van der Waals surface area contributed by atoms with Crippen molar-refractivity contribution in [2.24, 2.45) is 0 Å². The Morgan fingerprint density at radius 3 is 0.907 bits per heavy atom. The molecule has 0 N–H and O–H groups in total. The number of hydrogen-bond donors (Lipinski definition) is 0. The van der Waals surface area contributed by atoms with E-state index in [1.165, 1.54) is 11.1 Å². The van der Waals surface area contributed by atoms with Crippen molar-refractivity contribution in [1.29, 1.82) is 0 Å². The van der Waals surface area contributed by atoms with Gasteiger partial charge in [0.25, 0.3) is 0 Å². The van der Waals surface area contributed by atoms with E-state index >= 15 is 0 Å². The Morgan fingerprint density at radius 1 is 0.233 bits per heavy atom. The van der Waals surface area contributed by atoms with Crippen LogP contribution in [0, 0.1) is 0 Å². The third-order valence-corrected chi connectivity index (χ3v) is 8.27. The summed E-state index contributed by atoms with van der Waals surface area (Å²) >= 11 is 0. The first-order valence-electron chi connectivity index (χ1n) is 14.7. The zero-order valence-electron chi connectivity index (χ0n) is 23.6. The average molecular weight is 549 g/mol. The van der Waals surface area contributed by atoms with E-state index in [1.54, 1.807) is 0 Å². The van der Waals surface area contributed by atoms with Crippen molar-refractivity contribution in [2.75, 3.05) is 0 Å². The molecule has 8 rings (SSSR count). The van der Waals surface area contributed by atoms with Gasteiger partial charge in [-0.15, -0.1) is 0 Å². The van der Waals surface area contributed by atoms with Crippen LogP contribution in [0.5, 0.6) is 11.5 Å². The van der Waals surface area contributed by atoms with E-state index in [0.29, 0.717) is 0 Å². The Morgan fingerprint density at radius 2 is 0.535 bits per heavy atom. The highest BCUT2D eigenvalue weighted by Crippen LogP contribution is 2.54. The second-order valence-electron chi connectivity index (χ2n) is 10.9. The van der Waals surface area contributed by atoms with Gasteiger partial charge >= 0.3 is 0 Å². The summed E-state index contributed by atoms with van der Waals surface area (Å²) in [7, 11) is 0. The normalized spacial score (nSPS) is 11.4. The van der Waals surface area contributed by atoms with Gasteiger partial charge in [0.05, 0.1) is 0 Å². The molecular formula is C42H28O. The minimum Gasteiger partial charge on any atom is -0.455 e. The van der Waals surface area contributed by atoms with Gasteiger partial charge in [0.15, 0.2) is 0 Å². The van der Waals surface area contributed by atoms with Gasteiger partial charge in [-0.3, -0.25) is 0 Å². The van der Waals surface area contributed by atoms with Gasteiger partial charge in [-0.25, -0.2) is 0 Å². The maximum atomic E-state index is 7.24. The van der Waals surface area contributed by atoms with E-state index in [9.17, 15) is 0 Å². The summed E-state index contributed by atoms with van der Waals surface area (Å²) < 4.78 is 7.24. The zero-order valence-corrected chi connectivity index (χ0v) is 23.6. The van der Waals surface area contributed by atoms with E-state index in [2.05, 4.69) is 170 Å². The van der Waals surface area contributed by atoms with Crippen molar-refractivity contribution in [3.8, 4) is 78.3 Å². The van der Waals surface area contributed by atoms with Crippen LogP contribution < -0.4 is 4.74 Å². The van der Waals surface area contributed by atoms with Crippen LogP contribution in [0.1, 0.15) is 0 Å². The molecule has 0 unspecified atom stereocenters. The predicted molar refractivity (Wildman–Crippen MR) is 179 cm³/mol. The molecule has 202 valence electrons. The molecule has 1 aliphatic rings. The molecular weight excluding hydrogens is 520 g/mol. The molecule has 1 aliphatic heterocycles. The van der Waals surface area contributed by atoms with Gasteiger partial charge in [-0.1, -0.05) is 146 Å². The lowest BCUT2D eigenvalue weighted by Crippen LogP contribution is -1.95. The minimum atomic E-state index is 0.877. The summed E-state index contributed by atoms with van der Waals surface area (Å²) in [4.78, 5) is 0. The molecule has 0 bridgehead atoms. The maximum absolute atomic E-state index is 7.24. The molecule has 0 fully saturated rings. The van der Waals surface area contributed by atoms with Crippen LogP contribution >= 0.6 is 0 Å². The highest BCUT2D eigenvalue weighted by Gasteiger charge is 2.27. The molecule has 7 aromatic rings. The monoisotopic (exact) mass is 548 g/mol. The highest BCUT2D eigenvalue weighted by molar-refractivity contribution is 6.00. The Bertz CT molecular complexity index is 1910. The van der Waals surface area contributed by atoms with Crippen LogP contribution in [0.4, 0.5) is 0 Å². The summed E-state index contributed by atoms with van der Waals surface area (Å²) in [6.45, 7) is 0. The average Bonchev–Trinajstić information content (AvgIpc) is 3.24. The smallest absolute Gasteiger partial charge is 0.143 e. The molecule has 0 aliphatic carbocycles. The van der Waals surface area contributed by atoms with Gasteiger partial charge in [0.1, 0.15) is 11.5 Å². The van der Waals surface area contributed by atoms with E-state index < -0.39 is 0 Å². The van der Waals surface area contributed by atoms with Gasteiger partial charge in [-0.05, 0) is 68.8 Å². The van der Waals surface area contributed by atoms with Crippen molar-refractivity contribution in [3.63, 3.8) is 0 Å². The van der Waals surface area contributed by atoms with Crippen molar-refractivity contribution in [2.45, 2.75) is 0 Å². The lowest BCUT2D eigenvalue weighted by Gasteiger charge is -2.20. The lowest BCUT2D eigenvalue weighted by atomic mass is 9.87. The summed E-state index contributed by atoms with van der Waals surface area (Å²) in [5.41, 5.74) is 13.6. The predicted octanol–water partition coefficient (Wildman–Crippen LogP) is 11.8. The summed E-state index contributed by atoms with van der Waals surface area (Å²) in [6, 6.07) is 60.3. The zero-order chi connectivity index (χ0) is 28.6. The van der Waals surface area contributed by atoms with E-state index in [0.717, 1.165) is 67.1 Å². The molecule has 0 saturated heterocycles. The molecule has 7 aromatic carbocycles. The second kappa shape index (κ2) is 10.6. The molecule has 0 amide bonds. The number of hydrogen-bond acceptors (Lipinski definition) is 1. The molecule has 0 spiro atoms. The first-order chi connectivity index (χ1) is 21.3. The van der Waals surface area contributed by atoms with Crippen molar-refractivity contribution < 1.29 is 4.74 Å². The molecule has 0 saturated carbocycles. The first kappa shape index (κ1) is 25.1. The summed E-state index contributed by atoms with van der Waals surface area (Å²) in [5.74, 6) is 1.75. The van der Waals surface area contributed by atoms with E-state index in [4.69, 9.17) is 4.74 Å². The largest absolute Gasteiger partial charge is 0.455 e. The van der Waals surface area contributed by atoms with Gasteiger partial charge in [0, 0.05) is 22.3 Å². The standard InChI is InChI=1S/C42H28O/c1-5-15-29(16-6-1)33-25-37(31-19-9-3-10-20-31)41-39(27-33)35-23-13-14-24-36(35)40-28-34(30-17-7-2-8-18-30)26-38(42(40)43-41)32-21-11-4-12-22-32/h1-28H. The SMILES string of the molecule is c1ccc(-c2cc(-c3ccccc3)c3c(c2)-c2ccccc2-c2cc(-c4ccccc4)cc(-c4ccccc4)c2O3)cc1. The number of benzene rings is 7. The Kier molecular flexibility index (Phi) is 6.20. The first-order valence-corrected chi connectivity index (χ1v) is 14.7. The van der Waals surface area contributed by atoms with Gasteiger partial charge in [0.2, 0.25) is 0 Å². The minimum absolute atomic E-state index is 0.877. The summed E-state index contributed by atoms with van der Waals surface area (Å²) in [6.07, 6.45) is 0. The fraction of sp³-hybridized carbons (Fsp3) is 0. The topological polar surface area (TPSA) is 9.23 Å². The molecule has 0 radical (unpaired) electrons. The van der Waals surface area contributed by atoms with Gasteiger partial charge in [-0.2, -0.15) is 0 Å². The van der Waals surface area contributed by atoms with Crippen LogP contribution in [0.15, 0.2) is 170 Å². The summed E-state index contributed by atoms with van der Waals surface area (Å²) in [5, 5.41) is 0. The second-order valence-corrected chi connectivity index (χ2v) is 10.9. The number of ether oxygens (including phenoxy) is 1. The van der Waals surface area contributed by atoms with Crippen molar-refractivity contribution >= 4 is 0 Å². The van der Waals surface area contributed by atoms with Crippen LogP contribution in [-0.4, -0.2) is 0 Å². The quantitative estimate of drug-likeness (QED) is 0.212. The van der Waals surface area contributed by atoms with Gasteiger partial charge < -0.3 is 4.74 Å². The number of fused-ring (bicyclic) bond motifs is 5. The van der Waals surface area contributed by atoms with Crippen LogP contribution in [0.3, 0.4) is 0 Å². The lowest BCUT2D eigenvalue weighted by molar-refractivity contribution is 0.491. The molecule has 0 atom stereocenters. The fourth-order valence-electron chi connectivity index (χ4n) is 6.19. The van der Waals surface area contributed by atoms with E-state index in [1.807, 2.05) is 0 Å². The molecule has 1 heterocycles. The van der Waals surface area contributed by atoms with Crippen molar-refractivity contribution in [3.05, 3.63) is 170 Å². The highest BCUT2D eigenvalue weighted by atomic mass is 16.5. The third-order valence-electron chi connectivity index (χ3n) is 8.27. The van der Waals surface area contributed by atoms with E-state index in [-0.39, 0.29) is 0 Å². The Balaban J connectivity index is 1.47. The molecule has 1 nitrogen and oxygen atoms in total. The third kappa shape index (κ3) is 4.52. The van der Waals surface area contributed by atoms with Crippen LogP contribution in [-0.2, 0) is 0 Å². The Labute approximate surface area is 252 Å². The Hall–Kier alpha value is -5.66. The molecule has 1 heteroatoms. The fourth-order valence-corrected chi connectivity index (χ4v) is 6.19. The van der Waals surface area contributed by atoms with Crippen LogP contribution in [0.25, 0.3) is 66.8 Å². The number of rotatable bonds is 4.